The second kappa shape index (κ2) is 10.6. The topological polar surface area (TPSA) is 154 Å². The number of hydrogen-bond donors (Lipinski definition) is 1. The lowest BCUT2D eigenvalue weighted by Crippen LogP contribution is -2.40. The lowest BCUT2D eigenvalue weighted by Gasteiger charge is -2.26. The van der Waals surface area contributed by atoms with Crippen molar-refractivity contribution in [2.45, 2.75) is 11.8 Å². The first-order valence-corrected chi connectivity index (χ1v) is 11.6. The van der Waals surface area contributed by atoms with Gasteiger partial charge in [0.05, 0.1) is 36.5 Å². The average Bonchev–Trinajstić information content (AvgIpc) is 2.83. The first-order valence-electron chi connectivity index (χ1n) is 10.1. The summed E-state index contributed by atoms with van der Waals surface area (Å²) in [5.41, 5.74) is 0.495. The van der Waals surface area contributed by atoms with E-state index in [-0.39, 0.29) is 53.9 Å². The van der Waals surface area contributed by atoms with E-state index in [9.17, 15) is 28.1 Å². The Hall–Kier alpha value is -3.55. The zero-order valence-electron chi connectivity index (χ0n) is 18.5. The molecule has 0 spiro atoms. The Kier molecular flexibility index (Phi) is 7.81. The molecule has 0 saturated carbocycles. The number of nitro groups is 1. The normalized spacial score (nSPS) is 14.3. The van der Waals surface area contributed by atoms with Gasteiger partial charge in [-0.3, -0.25) is 14.9 Å². The minimum absolute atomic E-state index is 0.0573. The van der Waals surface area contributed by atoms with E-state index >= 15 is 0 Å². The molecule has 0 unspecified atom stereocenters. The Morgan fingerprint density at radius 3 is 2.53 bits per heavy atom. The average molecular weight is 493 g/mol. The minimum Gasteiger partial charge on any atom is -0.495 e. The molecule has 1 aliphatic heterocycles. The predicted molar refractivity (Wildman–Crippen MR) is 119 cm³/mol. The van der Waals surface area contributed by atoms with Crippen LogP contribution in [-0.4, -0.2) is 69.5 Å². The van der Waals surface area contributed by atoms with Crippen molar-refractivity contribution in [1.29, 1.82) is 0 Å². The number of amides is 1. The first-order chi connectivity index (χ1) is 16.1. The Labute approximate surface area is 195 Å². The predicted octanol–water partition coefficient (Wildman–Crippen LogP) is 1.73. The fraction of sp³-hybridized carbons (Fsp3) is 0.333. The molecule has 1 amide bonds. The van der Waals surface area contributed by atoms with Crippen LogP contribution in [0, 0.1) is 17.0 Å². The number of ether oxygens (including phenoxy) is 3. The van der Waals surface area contributed by atoms with Crippen molar-refractivity contribution in [3.8, 4) is 5.75 Å². The second-order valence-electron chi connectivity index (χ2n) is 7.26. The summed E-state index contributed by atoms with van der Waals surface area (Å²) in [6, 6.07) is 7.76. The molecule has 1 aliphatic rings. The maximum absolute atomic E-state index is 13.0. The maximum atomic E-state index is 13.0. The number of carbonyl (C=O) groups is 2. The van der Waals surface area contributed by atoms with Crippen molar-refractivity contribution in [2.75, 3.05) is 45.3 Å². The van der Waals surface area contributed by atoms with Gasteiger partial charge in [0, 0.05) is 25.2 Å². The third kappa shape index (κ3) is 5.68. The largest absolute Gasteiger partial charge is 0.495 e. The van der Waals surface area contributed by atoms with Crippen LogP contribution in [0.15, 0.2) is 41.3 Å². The summed E-state index contributed by atoms with van der Waals surface area (Å²) < 4.78 is 42.7. The molecule has 182 valence electrons. The number of benzene rings is 2. The number of esters is 1. The Balaban J connectivity index is 1.72. The molecule has 34 heavy (non-hydrogen) atoms. The van der Waals surface area contributed by atoms with E-state index in [1.54, 1.807) is 6.92 Å². The van der Waals surface area contributed by atoms with Crippen LogP contribution in [0.4, 0.5) is 11.4 Å². The molecular weight excluding hydrogens is 470 g/mol. The summed E-state index contributed by atoms with van der Waals surface area (Å²) in [6.07, 6.45) is 0. The zero-order valence-corrected chi connectivity index (χ0v) is 19.3. The highest BCUT2D eigenvalue weighted by Crippen LogP contribution is 2.29. The number of rotatable bonds is 8. The van der Waals surface area contributed by atoms with Crippen LogP contribution in [-0.2, 0) is 24.3 Å². The van der Waals surface area contributed by atoms with Gasteiger partial charge in [0.1, 0.15) is 10.6 Å². The summed E-state index contributed by atoms with van der Waals surface area (Å²) in [4.78, 5) is 34.9. The summed E-state index contributed by atoms with van der Waals surface area (Å²) in [7, 11) is -2.65. The highest BCUT2D eigenvalue weighted by Gasteiger charge is 2.30. The van der Waals surface area contributed by atoms with Gasteiger partial charge in [-0.1, -0.05) is 6.07 Å². The van der Waals surface area contributed by atoms with Gasteiger partial charge in [0.2, 0.25) is 10.0 Å². The number of non-ortho nitro benzene ring substituents is 1. The second-order valence-corrected chi connectivity index (χ2v) is 9.17. The Bertz CT molecular complexity index is 1210. The van der Waals surface area contributed by atoms with Crippen molar-refractivity contribution in [1.82, 2.24) is 4.31 Å². The van der Waals surface area contributed by atoms with Gasteiger partial charge in [0.25, 0.3) is 11.6 Å². The molecule has 1 heterocycles. The maximum Gasteiger partial charge on any atom is 0.338 e. The number of carbonyl (C=O) groups excluding carboxylic acids is 2. The third-order valence-electron chi connectivity index (χ3n) is 5.03. The van der Waals surface area contributed by atoms with E-state index in [1.807, 2.05) is 0 Å². The number of methoxy groups -OCH3 is 1. The van der Waals surface area contributed by atoms with E-state index in [4.69, 9.17) is 14.2 Å². The number of hydrogen-bond acceptors (Lipinski definition) is 9. The zero-order chi connectivity index (χ0) is 24.9. The van der Waals surface area contributed by atoms with E-state index in [0.29, 0.717) is 5.56 Å². The van der Waals surface area contributed by atoms with E-state index in [0.717, 1.165) is 6.07 Å². The molecule has 2 aromatic carbocycles. The number of nitrogens with one attached hydrogen (secondary N) is 1. The molecule has 0 bridgehead atoms. The fourth-order valence-electron chi connectivity index (χ4n) is 3.19. The van der Waals surface area contributed by atoms with E-state index in [2.05, 4.69) is 5.32 Å². The standard InChI is InChI=1S/C21H23N3O9S/c1-14-3-5-16(24(27)28)12-17(14)22-20(25)13-33-21(26)15-4-6-18(31-2)19(11-15)34(29,30)23-7-9-32-10-8-23/h3-6,11-12H,7-10,13H2,1-2H3,(H,22,25). The van der Waals surface area contributed by atoms with Gasteiger partial charge in [-0.2, -0.15) is 4.31 Å². The number of sulfonamides is 1. The van der Waals surface area contributed by atoms with Gasteiger partial charge in [-0.25, -0.2) is 13.2 Å². The van der Waals surface area contributed by atoms with Crippen molar-refractivity contribution >= 4 is 33.3 Å². The number of anilines is 1. The van der Waals surface area contributed by atoms with E-state index < -0.39 is 33.4 Å². The lowest BCUT2D eigenvalue weighted by molar-refractivity contribution is -0.384. The lowest BCUT2D eigenvalue weighted by atomic mass is 10.2. The smallest absolute Gasteiger partial charge is 0.338 e. The van der Waals surface area contributed by atoms with Crippen molar-refractivity contribution in [3.05, 3.63) is 57.6 Å². The number of aryl methyl sites for hydroxylation is 1. The summed E-state index contributed by atoms with van der Waals surface area (Å²) in [5.74, 6) is -1.58. The summed E-state index contributed by atoms with van der Waals surface area (Å²) in [5, 5.41) is 13.4. The van der Waals surface area contributed by atoms with Crippen molar-refractivity contribution in [2.24, 2.45) is 0 Å². The molecule has 0 atom stereocenters. The van der Waals surface area contributed by atoms with Crippen LogP contribution < -0.4 is 10.1 Å². The van der Waals surface area contributed by atoms with Gasteiger partial charge in [-0.05, 0) is 30.7 Å². The quantitative estimate of drug-likeness (QED) is 0.329. The monoisotopic (exact) mass is 493 g/mol. The van der Waals surface area contributed by atoms with Crippen LogP contribution in [0.3, 0.4) is 0 Å². The van der Waals surface area contributed by atoms with Gasteiger partial charge in [0.15, 0.2) is 6.61 Å². The fourth-order valence-corrected chi connectivity index (χ4v) is 4.78. The van der Waals surface area contributed by atoms with Gasteiger partial charge in [-0.15, -0.1) is 0 Å². The molecular formula is C21H23N3O9S. The van der Waals surface area contributed by atoms with Crippen molar-refractivity contribution in [3.63, 3.8) is 0 Å². The van der Waals surface area contributed by atoms with Crippen molar-refractivity contribution < 1.29 is 37.1 Å². The summed E-state index contributed by atoms with van der Waals surface area (Å²) >= 11 is 0. The summed E-state index contributed by atoms with van der Waals surface area (Å²) in [6.45, 7) is 1.80. The van der Waals surface area contributed by atoms with Crippen LogP contribution in [0.2, 0.25) is 0 Å². The van der Waals surface area contributed by atoms with Crippen LogP contribution >= 0.6 is 0 Å². The molecule has 0 radical (unpaired) electrons. The Morgan fingerprint density at radius 1 is 1.18 bits per heavy atom. The molecule has 1 saturated heterocycles. The number of nitrogens with zero attached hydrogens (tertiary/aromatic N) is 2. The van der Waals surface area contributed by atoms with Gasteiger partial charge < -0.3 is 19.5 Å². The molecule has 3 rings (SSSR count). The molecule has 0 aromatic heterocycles. The highest BCUT2D eigenvalue weighted by atomic mass is 32.2. The highest BCUT2D eigenvalue weighted by molar-refractivity contribution is 7.89. The van der Waals surface area contributed by atoms with Crippen LogP contribution in [0.1, 0.15) is 15.9 Å². The molecule has 1 fully saturated rings. The number of morpholine rings is 1. The third-order valence-corrected chi connectivity index (χ3v) is 6.95. The molecule has 1 N–H and O–H groups in total. The van der Waals surface area contributed by atoms with Crippen LogP contribution in [0.5, 0.6) is 5.75 Å². The SMILES string of the molecule is COc1ccc(C(=O)OCC(=O)Nc2cc([N+](=O)[O-])ccc2C)cc1S(=O)(=O)N1CCOCC1. The minimum atomic E-state index is -3.96. The Morgan fingerprint density at radius 2 is 1.88 bits per heavy atom. The van der Waals surface area contributed by atoms with Gasteiger partial charge >= 0.3 is 5.97 Å². The molecule has 2 aromatic rings. The molecule has 13 heteroatoms. The number of nitro benzene ring substituents is 1. The van der Waals surface area contributed by atoms with E-state index in [1.165, 1.54) is 41.7 Å². The molecule has 0 aliphatic carbocycles. The molecule has 12 nitrogen and oxygen atoms in total. The van der Waals surface area contributed by atoms with Crippen LogP contribution in [0.25, 0.3) is 0 Å². The first kappa shape index (κ1) is 25.1.